The van der Waals surface area contributed by atoms with Gasteiger partial charge in [-0.05, 0) is 48.2 Å². The second-order valence-corrected chi connectivity index (χ2v) is 9.98. The molecule has 4 aromatic rings. The van der Waals surface area contributed by atoms with Crippen LogP contribution in [0.4, 0.5) is 0 Å². The number of hydrogen-bond acceptors (Lipinski definition) is 6. The van der Waals surface area contributed by atoms with E-state index in [-0.39, 0.29) is 0 Å². The van der Waals surface area contributed by atoms with Gasteiger partial charge < -0.3 is 28.4 Å². The van der Waals surface area contributed by atoms with Gasteiger partial charge in [0.25, 0.3) is 0 Å². The molecule has 6 nitrogen and oxygen atoms in total. The molecule has 0 saturated heterocycles. The smallest absolute Gasteiger partial charge is 0.161 e. The van der Waals surface area contributed by atoms with E-state index in [1.165, 1.54) is 0 Å². The second-order valence-electron chi connectivity index (χ2n) is 9.98. The van der Waals surface area contributed by atoms with E-state index in [4.69, 9.17) is 28.4 Å². The number of rotatable bonds is 8. The predicted octanol–water partition coefficient (Wildman–Crippen LogP) is 6.85. The van der Waals surface area contributed by atoms with Crippen LogP contribution in [0.1, 0.15) is 24.0 Å². The van der Waals surface area contributed by atoms with Gasteiger partial charge in [0.05, 0.1) is 50.8 Å². The zero-order valence-electron chi connectivity index (χ0n) is 22.5. The van der Waals surface area contributed by atoms with Crippen LogP contribution < -0.4 is 18.9 Å². The van der Waals surface area contributed by atoms with Gasteiger partial charge >= 0.3 is 0 Å². The van der Waals surface area contributed by atoms with Crippen LogP contribution >= 0.6 is 0 Å². The van der Waals surface area contributed by atoms with Crippen molar-refractivity contribution in [2.24, 2.45) is 0 Å². The topological polar surface area (TPSA) is 55.4 Å². The maximum Gasteiger partial charge on any atom is 0.161 e. The highest BCUT2D eigenvalue weighted by molar-refractivity contribution is 5.85. The van der Waals surface area contributed by atoms with Crippen molar-refractivity contribution in [2.75, 3.05) is 26.4 Å². The Labute approximate surface area is 235 Å². The van der Waals surface area contributed by atoms with Crippen molar-refractivity contribution in [2.45, 2.75) is 38.3 Å². The van der Waals surface area contributed by atoms with Gasteiger partial charge in [-0.1, -0.05) is 72.8 Å². The SMILES string of the molecule is c1ccc(COC[C@H]2Oc3cccc4c3-c3c(cccc3O[C@@H]2COCc2ccccc2)OCCCCO4)cc1. The minimum Gasteiger partial charge on any atom is -0.493 e. The third kappa shape index (κ3) is 6.24. The highest BCUT2D eigenvalue weighted by atomic mass is 16.6. The highest BCUT2D eigenvalue weighted by Gasteiger charge is 2.33. The summed E-state index contributed by atoms with van der Waals surface area (Å²) in [5, 5.41) is 0. The van der Waals surface area contributed by atoms with E-state index in [1.807, 2.05) is 72.8 Å². The summed E-state index contributed by atoms with van der Waals surface area (Å²) >= 11 is 0. The van der Waals surface area contributed by atoms with Gasteiger partial charge in [0, 0.05) is 0 Å². The Morgan fingerprint density at radius 2 is 0.925 bits per heavy atom. The standard InChI is InChI=1S/C34H34O6/c1-3-11-25(12-4-1)21-35-23-31-32(24-36-22-26-13-5-2-6-14-26)40-30-18-10-16-28-34(30)33-27(15-9-17-29(33)39-31)37-19-7-8-20-38-28/h1-6,9-18,31-32H,7-8,19-24H2/t31-,32-/m1/s1. The van der Waals surface area contributed by atoms with Crippen LogP contribution in [0, 0.1) is 0 Å². The van der Waals surface area contributed by atoms with E-state index in [9.17, 15) is 0 Å². The van der Waals surface area contributed by atoms with Gasteiger partial charge in [-0.3, -0.25) is 0 Å². The zero-order valence-corrected chi connectivity index (χ0v) is 22.5. The van der Waals surface area contributed by atoms with Crippen molar-refractivity contribution < 1.29 is 28.4 Å². The van der Waals surface area contributed by atoms with Crippen molar-refractivity contribution in [1.29, 1.82) is 0 Å². The minimum atomic E-state index is -0.431. The first-order valence-electron chi connectivity index (χ1n) is 13.9. The van der Waals surface area contributed by atoms with Crippen LogP contribution in [-0.4, -0.2) is 38.6 Å². The van der Waals surface area contributed by atoms with Crippen LogP contribution in [-0.2, 0) is 22.7 Å². The Balaban J connectivity index is 1.33. The molecule has 0 unspecified atom stereocenters. The third-order valence-electron chi connectivity index (χ3n) is 7.04. The van der Waals surface area contributed by atoms with Crippen LogP contribution in [0.25, 0.3) is 11.1 Å². The van der Waals surface area contributed by atoms with Crippen LogP contribution in [0.15, 0.2) is 97.1 Å². The van der Waals surface area contributed by atoms with E-state index in [0.29, 0.717) is 51.1 Å². The molecule has 0 aliphatic carbocycles. The Kier molecular flexibility index (Phi) is 8.46. The highest BCUT2D eigenvalue weighted by Crippen LogP contribution is 2.49. The van der Waals surface area contributed by atoms with Crippen molar-refractivity contribution >= 4 is 0 Å². The Hall–Kier alpha value is -4.00. The average molecular weight is 539 g/mol. The molecule has 0 fully saturated rings. The molecule has 0 amide bonds. The monoisotopic (exact) mass is 538 g/mol. The zero-order chi connectivity index (χ0) is 27.0. The Morgan fingerprint density at radius 3 is 1.38 bits per heavy atom. The molecule has 6 heteroatoms. The van der Waals surface area contributed by atoms with E-state index in [2.05, 4.69) is 24.3 Å². The molecule has 40 heavy (non-hydrogen) atoms. The molecule has 2 aliphatic rings. The van der Waals surface area contributed by atoms with Crippen LogP contribution in [0.2, 0.25) is 0 Å². The van der Waals surface area contributed by atoms with Crippen LogP contribution in [0.3, 0.4) is 0 Å². The average Bonchev–Trinajstić information content (AvgIpc) is 2.99. The van der Waals surface area contributed by atoms with Gasteiger partial charge in [-0.15, -0.1) is 0 Å². The summed E-state index contributed by atoms with van der Waals surface area (Å²) in [6.45, 7) is 2.82. The van der Waals surface area contributed by atoms with Gasteiger partial charge in [-0.25, -0.2) is 0 Å². The van der Waals surface area contributed by atoms with Crippen molar-refractivity contribution in [3.8, 4) is 34.1 Å². The number of benzene rings is 4. The van der Waals surface area contributed by atoms with Gasteiger partial charge in [0.2, 0.25) is 0 Å². The third-order valence-corrected chi connectivity index (χ3v) is 7.04. The summed E-state index contributed by atoms with van der Waals surface area (Å²) in [7, 11) is 0. The summed E-state index contributed by atoms with van der Waals surface area (Å²) in [4.78, 5) is 0. The summed E-state index contributed by atoms with van der Waals surface area (Å²) < 4.78 is 38.3. The predicted molar refractivity (Wildman–Crippen MR) is 153 cm³/mol. The summed E-state index contributed by atoms with van der Waals surface area (Å²) in [6.07, 6.45) is 0.956. The molecule has 0 N–H and O–H groups in total. The Morgan fingerprint density at radius 1 is 0.500 bits per heavy atom. The minimum absolute atomic E-state index is 0.324. The molecule has 206 valence electrons. The van der Waals surface area contributed by atoms with Crippen molar-refractivity contribution in [3.05, 3.63) is 108 Å². The Bertz CT molecular complexity index is 1270. The first kappa shape index (κ1) is 26.2. The molecular formula is C34H34O6. The normalized spacial score (nSPS) is 18.0. The van der Waals surface area contributed by atoms with E-state index >= 15 is 0 Å². The van der Waals surface area contributed by atoms with E-state index in [1.54, 1.807) is 0 Å². The largest absolute Gasteiger partial charge is 0.493 e. The molecule has 2 atom stereocenters. The molecule has 2 heterocycles. The molecule has 0 saturated carbocycles. The lowest BCUT2D eigenvalue weighted by Crippen LogP contribution is -2.44. The fourth-order valence-corrected chi connectivity index (χ4v) is 5.02. The summed E-state index contributed by atoms with van der Waals surface area (Å²) in [5.41, 5.74) is 3.88. The maximum absolute atomic E-state index is 6.72. The number of hydrogen-bond donors (Lipinski definition) is 0. The van der Waals surface area contributed by atoms with Crippen molar-refractivity contribution in [3.63, 3.8) is 0 Å². The first-order chi connectivity index (χ1) is 19.8. The fraction of sp³-hybridized carbons (Fsp3) is 0.294. The van der Waals surface area contributed by atoms with E-state index in [0.717, 1.165) is 46.6 Å². The fourth-order valence-electron chi connectivity index (χ4n) is 5.02. The number of ether oxygens (including phenoxy) is 6. The molecule has 0 aromatic heterocycles. The van der Waals surface area contributed by atoms with Crippen molar-refractivity contribution in [1.82, 2.24) is 0 Å². The van der Waals surface area contributed by atoms with Gasteiger partial charge in [0.15, 0.2) is 12.2 Å². The molecule has 0 bridgehead atoms. The molecule has 6 rings (SSSR count). The quantitative estimate of drug-likeness (QED) is 0.245. The van der Waals surface area contributed by atoms with Crippen LogP contribution in [0.5, 0.6) is 23.0 Å². The lowest BCUT2D eigenvalue weighted by atomic mass is 9.99. The van der Waals surface area contributed by atoms with Gasteiger partial charge in [-0.2, -0.15) is 0 Å². The summed E-state index contributed by atoms with van der Waals surface area (Å²) in [6, 6.07) is 32.1. The molecule has 0 spiro atoms. The van der Waals surface area contributed by atoms with E-state index < -0.39 is 12.2 Å². The molecule has 2 aliphatic heterocycles. The summed E-state index contributed by atoms with van der Waals surface area (Å²) in [5.74, 6) is 2.92. The maximum atomic E-state index is 6.72. The second kappa shape index (κ2) is 12.9. The molecule has 0 radical (unpaired) electrons. The lowest BCUT2D eigenvalue weighted by Gasteiger charge is -2.33. The molecule has 4 aromatic carbocycles. The first-order valence-corrected chi connectivity index (χ1v) is 13.9. The lowest BCUT2D eigenvalue weighted by molar-refractivity contribution is -0.0553. The molecular weight excluding hydrogens is 504 g/mol. The van der Waals surface area contributed by atoms with Gasteiger partial charge in [0.1, 0.15) is 23.0 Å².